The number of hydrogen-bond acceptors (Lipinski definition) is 3. The van der Waals surface area contributed by atoms with Gasteiger partial charge in [-0.3, -0.25) is 0 Å². The zero-order chi connectivity index (χ0) is 31.7. The number of benzene rings is 5. The molecule has 4 heterocycles. The van der Waals surface area contributed by atoms with Crippen molar-refractivity contribution >= 4 is 43.7 Å². The third kappa shape index (κ3) is 5.62. The van der Waals surface area contributed by atoms with Crippen molar-refractivity contribution in [1.29, 1.82) is 0 Å². The minimum absolute atomic E-state index is 0. The summed E-state index contributed by atoms with van der Waals surface area (Å²) in [6, 6.07) is 52.1. The summed E-state index contributed by atoms with van der Waals surface area (Å²) in [4.78, 5) is 8.92. The van der Waals surface area contributed by atoms with Gasteiger partial charge in [0, 0.05) is 59.7 Å². The Morgan fingerprint density at radius 1 is 0.646 bits per heavy atom. The van der Waals surface area contributed by atoms with Gasteiger partial charge in [0.1, 0.15) is 5.58 Å². The van der Waals surface area contributed by atoms with Crippen LogP contribution in [0.15, 0.2) is 150 Å². The number of para-hydroxylation sites is 3. The summed E-state index contributed by atoms with van der Waals surface area (Å²) < 4.78 is 8.86. The molecule has 0 aliphatic rings. The van der Waals surface area contributed by atoms with Crippen LogP contribution >= 0.6 is 0 Å². The predicted octanol–water partition coefficient (Wildman–Crippen LogP) is 11.2. The third-order valence-corrected chi connectivity index (χ3v) is 8.61. The van der Waals surface area contributed by atoms with Crippen LogP contribution in [0.1, 0.15) is 25.3 Å². The summed E-state index contributed by atoms with van der Waals surface area (Å²) in [6.45, 7) is 4.40. The number of aromatic nitrogens is 3. The molecule has 4 aromatic heterocycles. The van der Waals surface area contributed by atoms with Crippen molar-refractivity contribution in [3.63, 3.8) is 0 Å². The van der Waals surface area contributed by atoms with Gasteiger partial charge in [-0.15, -0.1) is 48.0 Å². The molecule has 4 nitrogen and oxygen atoms in total. The van der Waals surface area contributed by atoms with E-state index in [1.54, 1.807) is 6.20 Å². The number of hydrogen-bond donors (Lipinski definition) is 0. The molecule has 0 saturated carbocycles. The van der Waals surface area contributed by atoms with Crippen LogP contribution in [0, 0.1) is 12.1 Å². The van der Waals surface area contributed by atoms with Crippen molar-refractivity contribution in [2.45, 2.75) is 19.8 Å². The second kappa shape index (κ2) is 13.4. The van der Waals surface area contributed by atoms with E-state index in [4.69, 9.17) is 9.40 Å². The second-order valence-corrected chi connectivity index (χ2v) is 11.8. The van der Waals surface area contributed by atoms with Gasteiger partial charge in [-0.25, -0.2) is 0 Å². The van der Waals surface area contributed by atoms with Gasteiger partial charge in [0.05, 0.1) is 5.58 Å². The molecule has 235 valence electrons. The SMILES string of the molecule is CC(C)c1ccnc(-c2[c-]cc(-n3c4ccccc4c4ccccc43)c3c2oc2ccccc23)c1.[Ir].[c-]1ccccc1-c1ccccn1. The molecule has 0 aliphatic carbocycles. The van der Waals surface area contributed by atoms with E-state index in [9.17, 15) is 0 Å². The van der Waals surface area contributed by atoms with E-state index in [1.165, 1.54) is 27.4 Å². The number of fused-ring (bicyclic) bond motifs is 6. The first-order valence-corrected chi connectivity index (χ1v) is 15.9. The molecule has 0 atom stereocenters. The second-order valence-electron chi connectivity index (χ2n) is 11.8. The minimum Gasteiger partial charge on any atom is -0.501 e. The summed E-state index contributed by atoms with van der Waals surface area (Å²) in [6.07, 6.45) is 3.67. The zero-order valence-corrected chi connectivity index (χ0v) is 28.9. The zero-order valence-electron chi connectivity index (χ0n) is 26.5. The molecular weight excluding hydrogens is 767 g/mol. The fourth-order valence-corrected chi connectivity index (χ4v) is 6.32. The van der Waals surface area contributed by atoms with Crippen LogP contribution in [0.3, 0.4) is 0 Å². The first kappa shape index (κ1) is 31.3. The molecule has 0 amide bonds. The van der Waals surface area contributed by atoms with Gasteiger partial charge in [-0.1, -0.05) is 97.8 Å². The monoisotopic (exact) mass is 798 g/mol. The van der Waals surface area contributed by atoms with Crippen LogP contribution < -0.4 is 0 Å². The van der Waals surface area contributed by atoms with E-state index >= 15 is 0 Å². The Morgan fingerprint density at radius 3 is 2.00 bits per heavy atom. The molecule has 0 spiro atoms. The van der Waals surface area contributed by atoms with Crippen molar-refractivity contribution < 1.29 is 24.5 Å². The molecule has 48 heavy (non-hydrogen) atoms. The topological polar surface area (TPSA) is 43.9 Å². The van der Waals surface area contributed by atoms with Crippen molar-refractivity contribution in [2.24, 2.45) is 0 Å². The van der Waals surface area contributed by atoms with Gasteiger partial charge in [-0.05, 0) is 58.7 Å². The van der Waals surface area contributed by atoms with E-state index in [0.29, 0.717) is 5.92 Å². The molecule has 5 heteroatoms. The molecule has 0 aliphatic heterocycles. The molecule has 9 aromatic rings. The Hall–Kier alpha value is -5.35. The first-order chi connectivity index (χ1) is 23.2. The fourth-order valence-electron chi connectivity index (χ4n) is 6.32. The van der Waals surface area contributed by atoms with Crippen molar-refractivity contribution in [2.75, 3.05) is 0 Å². The Labute approximate surface area is 293 Å². The Balaban J connectivity index is 0.000000237. The number of nitrogens with zero attached hydrogens (tertiary/aromatic N) is 3. The van der Waals surface area contributed by atoms with Crippen molar-refractivity contribution in [1.82, 2.24) is 14.5 Å². The van der Waals surface area contributed by atoms with Crippen molar-refractivity contribution in [3.8, 4) is 28.2 Å². The van der Waals surface area contributed by atoms with Crippen molar-refractivity contribution in [3.05, 3.63) is 164 Å². The molecule has 0 fully saturated rings. The largest absolute Gasteiger partial charge is 0.501 e. The van der Waals surface area contributed by atoms with Crippen LogP contribution in [0.25, 0.3) is 71.9 Å². The van der Waals surface area contributed by atoms with E-state index in [-0.39, 0.29) is 20.1 Å². The third-order valence-electron chi connectivity index (χ3n) is 8.61. The Morgan fingerprint density at radius 2 is 1.31 bits per heavy atom. The predicted molar refractivity (Wildman–Crippen MR) is 193 cm³/mol. The fraction of sp³-hybridized carbons (Fsp3) is 0.0698. The van der Waals surface area contributed by atoms with Crippen LogP contribution in [0.2, 0.25) is 0 Å². The number of furan rings is 1. The normalized spacial score (nSPS) is 11.1. The van der Waals surface area contributed by atoms with Gasteiger partial charge >= 0.3 is 0 Å². The molecule has 0 bridgehead atoms. The molecule has 0 N–H and O–H groups in total. The molecule has 1 radical (unpaired) electrons. The first-order valence-electron chi connectivity index (χ1n) is 15.9. The molecule has 0 unspecified atom stereocenters. The summed E-state index contributed by atoms with van der Waals surface area (Å²) in [7, 11) is 0. The van der Waals surface area contributed by atoms with Gasteiger partial charge in [0.2, 0.25) is 0 Å². The maximum atomic E-state index is 6.52. The summed E-state index contributed by atoms with van der Waals surface area (Å²) in [5, 5.41) is 4.64. The summed E-state index contributed by atoms with van der Waals surface area (Å²) in [5.74, 6) is 0.416. The average molecular weight is 798 g/mol. The van der Waals surface area contributed by atoms with Crippen LogP contribution in [0.4, 0.5) is 0 Å². The van der Waals surface area contributed by atoms with Gasteiger partial charge in [0.15, 0.2) is 0 Å². The maximum Gasteiger partial charge on any atom is 0.121 e. The Bertz CT molecular complexity index is 2410. The van der Waals surface area contributed by atoms with E-state index in [2.05, 4.69) is 114 Å². The van der Waals surface area contributed by atoms with Crippen LogP contribution in [-0.2, 0) is 20.1 Å². The van der Waals surface area contributed by atoms with E-state index in [1.807, 2.05) is 60.8 Å². The van der Waals surface area contributed by atoms with Crippen LogP contribution in [-0.4, -0.2) is 14.5 Å². The quantitative estimate of drug-likeness (QED) is 0.167. The molecule has 9 rings (SSSR count). The standard InChI is InChI=1S/C32H23N2O.C11H8N.Ir/c1-20(2)21-17-18-33-26(19-21)24-15-16-29(31-25-11-5-8-14-30(25)35-32(24)31)34-27-12-6-3-9-22(27)23-10-4-7-13-28(23)34;1-2-6-10(7-3-1)11-8-4-5-9-12-11;/h3-14,16-20H,1-2H3;1-6,8-9H;/q2*-1;. The van der Waals surface area contributed by atoms with Gasteiger partial charge in [-0.2, -0.15) is 0 Å². The maximum absolute atomic E-state index is 6.52. The van der Waals surface area contributed by atoms with Gasteiger partial charge < -0.3 is 19.0 Å². The van der Waals surface area contributed by atoms with Crippen LogP contribution in [0.5, 0.6) is 0 Å². The number of rotatable bonds is 4. The summed E-state index contributed by atoms with van der Waals surface area (Å²) >= 11 is 0. The molecular formula is C43H31IrN3O-2. The average Bonchev–Trinajstić information content (AvgIpc) is 3.69. The molecule has 5 aromatic carbocycles. The number of pyridine rings is 2. The van der Waals surface area contributed by atoms with E-state index in [0.717, 1.165) is 50.1 Å². The summed E-state index contributed by atoms with van der Waals surface area (Å²) in [5.41, 5.74) is 10.1. The smallest absolute Gasteiger partial charge is 0.121 e. The van der Waals surface area contributed by atoms with Gasteiger partial charge in [0.25, 0.3) is 0 Å². The minimum atomic E-state index is 0. The Kier molecular flexibility index (Phi) is 8.73. The van der Waals surface area contributed by atoms with E-state index < -0.39 is 0 Å². The molecule has 0 saturated heterocycles.